The van der Waals surface area contributed by atoms with Crippen molar-refractivity contribution in [2.45, 2.75) is 31.3 Å². The number of hydrogen-bond donors (Lipinski definition) is 2. The van der Waals surface area contributed by atoms with E-state index in [-0.39, 0.29) is 6.42 Å². The monoisotopic (exact) mass is 235 g/mol. The molecular weight excluding hydrogens is 223 g/mol. The lowest BCUT2D eigenvalue weighted by Crippen LogP contribution is -2.52. The maximum absolute atomic E-state index is 11.9. The van der Waals surface area contributed by atoms with Crippen LogP contribution in [0.15, 0.2) is 0 Å². The highest BCUT2D eigenvalue weighted by atomic mass is 32.2. The molecule has 86 valence electrons. The third-order valence-electron chi connectivity index (χ3n) is 1.81. The van der Waals surface area contributed by atoms with E-state index in [0.29, 0.717) is 0 Å². The van der Waals surface area contributed by atoms with Gasteiger partial charge in [-0.05, 0) is 13.3 Å². The summed E-state index contributed by atoms with van der Waals surface area (Å²) in [6.07, 6.45) is 0.0544. The van der Waals surface area contributed by atoms with Crippen LogP contribution in [0.5, 0.6) is 0 Å². The normalized spacial score (nSPS) is 17.9. The summed E-state index contributed by atoms with van der Waals surface area (Å²) < 4.78 is 58.4. The number of hydrogen-bond acceptors (Lipinski definition) is 3. The molecule has 0 rings (SSSR count). The van der Waals surface area contributed by atoms with E-state index in [9.17, 15) is 21.6 Å². The molecule has 1 unspecified atom stereocenters. The molecule has 0 fully saturated rings. The van der Waals surface area contributed by atoms with Gasteiger partial charge in [0.15, 0.2) is 0 Å². The molecule has 0 aromatic rings. The van der Waals surface area contributed by atoms with E-state index in [1.54, 1.807) is 0 Å². The van der Waals surface area contributed by atoms with E-state index in [2.05, 4.69) is 0 Å². The lowest BCUT2D eigenvalue weighted by Gasteiger charge is -2.27. The van der Waals surface area contributed by atoms with Gasteiger partial charge < -0.3 is 5.11 Å². The van der Waals surface area contributed by atoms with Crippen LogP contribution in [0.1, 0.15) is 20.3 Å². The smallest absolute Gasteiger partial charge is 0.394 e. The van der Waals surface area contributed by atoms with Crippen LogP contribution >= 0.6 is 0 Å². The van der Waals surface area contributed by atoms with Gasteiger partial charge in [0, 0.05) is 0 Å². The first-order valence-corrected chi connectivity index (χ1v) is 5.27. The van der Waals surface area contributed by atoms with Gasteiger partial charge >= 0.3 is 15.5 Å². The van der Waals surface area contributed by atoms with E-state index < -0.39 is 27.7 Å². The van der Waals surface area contributed by atoms with Gasteiger partial charge in [0.25, 0.3) is 0 Å². The van der Waals surface area contributed by atoms with Crippen molar-refractivity contribution in [1.82, 2.24) is 4.72 Å². The molecule has 0 aromatic heterocycles. The molecule has 4 nitrogen and oxygen atoms in total. The Kier molecular flexibility index (Phi) is 3.93. The largest absolute Gasteiger partial charge is 0.511 e. The van der Waals surface area contributed by atoms with Crippen LogP contribution in [0.25, 0.3) is 0 Å². The fourth-order valence-electron chi connectivity index (χ4n) is 0.598. The Morgan fingerprint density at radius 1 is 1.36 bits per heavy atom. The van der Waals surface area contributed by atoms with Crippen LogP contribution < -0.4 is 4.72 Å². The summed E-state index contributed by atoms with van der Waals surface area (Å²) in [5.41, 5.74) is -6.83. The summed E-state index contributed by atoms with van der Waals surface area (Å²) >= 11 is 0. The fourth-order valence-corrected chi connectivity index (χ4v) is 1.57. The Morgan fingerprint density at radius 2 is 1.79 bits per heavy atom. The summed E-state index contributed by atoms with van der Waals surface area (Å²) in [6, 6.07) is 0. The third-order valence-corrected chi connectivity index (χ3v) is 3.19. The van der Waals surface area contributed by atoms with E-state index in [1.807, 2.05) is 0 Å². The Morgan fingerprint density at radius 3 is 2.00 bits per heavy atom. The van der Waals surface area contributed by atoms with Crippen LogP contribution in [0, 0.1) is 0 Å². The second-order valence-corrected chi connectivity index (χ2v) is 4.80. The van der Waals surface area contributed by atoms with Crippen LogP contribution in [0.3, 0.4) is 0 Å². The highest BCUT2D eigenvalue weighted by Crippen LogP contribution is 2.24. The molecule has 0 saturated carbocycles. The molecule has 0 radical (unpaired) electrons. The highest BCUT2D eigenvalue weighted by molar-refractivity contribution is 7.90. The zero-order valence-corrected chi connectivity index (χ0v) is 8.54. The minimum absolute atomic E-state index is 0.0544. The van der Waals surface area contributed by atoms with Crippen LogP contribution in [-0.4, -0.2) is 31.2 Å². The quantitative estimate of drug-likeness (QED) is 0.749. The van der Waals surface area contributed by atoms with Crippen LogP contribution in [-0.2, 0) is 10.0 Å². The topological polar surface area (TPSA) is 66.4 Å². The minimum atomic E-state index is -5.39. The number of alkyl halides is 3. The molecule has 1 atom stereocenters. The molecule has 0 aliphatic heterocycles. The number of aliphatic hydroxyl groups excluding tert-OH is 1. The predicted molar refractivity (Wildman–Crippen MR) is 43.9 cm³/mol. The fraction of sp³-hybridized carbons (Fsp3) is 1.00. The molecule has 0 bridgehead atoms. The summed E-state index contributed by atoms with van der Waals surface area (Å²) in [6.45, 7) is 1.96. The number of halogens is 3. The number of rotatable bonds is 4. The molecule has 8 heteroatoms. The van der Waals surface area contributed by atoms with Gasteiger partial charge in [0.05, 0.1) is 12.1 Å². The van der Waals surface area contributed by atoms with Gasteiger partial charge in [-0.3, -0.25) is 0 Å². The first-order valence-electron chi connectivity index (χ1n) is 3.79. The average Bonchev–Trinajstić information content (AvgIpc) is 2.01. The third kappa shape index (κ3) is 3.10. The molecule has 0 heterocycles. The minimum Gasteiger partial charge on any atom is -0.394 e. The van der Waals surface area contributed by atoms with Crippen molar-refractivity contribution in [3.05, 3.63) is 0 Å². The summed E-state index contributed by atoms with van der Waals surface area (Å²) in [5.74, 6) is 0. The van der Waals surface area contributed by atoms with E-state index >= 15 is 0 Å². The van der Waals surface area contributed by atoms with Crippen molar-refractivity contribution in [2.24, 2.45) is 0 Å². The average molecular weight is 235 g/mol. The van der Waals surface area contributed by atoms with Crippen molar-refractivity contribution < 1.29 is 26.7 Å². The zero-order valence-electron chi connectivity index (χ0n) is 7.72. The summed E-state index contributed by atoms with van der Waals surface area (Å²) in [5, 5.41) is 8.72. The second-order valence-electron chi connectivity index (χ2n) is 3.12. The van der Waals surface area contributed by atoms with Crippen molar-refractivity contribution in [1.29, 1.82) is 0 Å². The Hall–Kier alpha value is -0.340. The van der Waals surface area contributed by atoms with Crippen molar-refractivity contribution in [3.63, 3.8) is 0 Å². The number of aliphatic hydroxyl groups is 1. The molecule has 0 spiro atoms. The first-order chi connectivity index (χ1) is 6.08. The van der Waals surface area contributed by atoms with Crippen molar-refractivity contribution in [2.75, 3.05) is 6.61 Å². The number of sulfonamides is 1. The molecule has 0 aliphatic carbocycles. The van der Waals surface area contributed by atoms with E-state index in [0.717, 1.165) is 0 Å². The van der Waals surface area contributed by atoms with Gasteiger partial charge in [-0.1, -0.05) is 6.92 Å². The Labute approximate surface area is 80.2 Å². The van der Waals surface area contributed by atoms with Gasteiger partial charge in [0.1, 0.15) is 0 Å². The maximum atomic E-state index is 11.9. The van der Waals surface area contributed by atoms with Crippen molar-refractivity contribution >= 4 is 10.0 Å². The maximum Gasteiger partial charge on any atom is 0.511 e. The van der Waals surface area contributed by atoms with Crippen LogP contribution in [0.4, 0.5) is 13.2 Å². The van der Waals surface area contributed by atoms with Gasteiger partial charge in [-0.2, -0.15) is 17.9 Å². The van der Waals surface area contributed by atoms with Gasteiger partial charge in [-0.15, -0.1) is 0 Å². The molecule has 0 aliphatic rings. The zero-order chi connectivity index (χ0) is 11.6. The molecule has 2 N–H and O–H groups in total. The molecule has 14 heavy (non-hydrogen) atoms. The van der Waals surface area contributed by atoms with E-state index in [1.165, 1.54) is 18.6 Å². The molecule has 0 aromatic carbocycles. The van der Waals surface area contributed by atoms with Crippen LogP contribution in [0.2, 0.25) is 0 Å². The lowest BCUT2D eigenvalue weighted by molar-refractivity contribution is -0.0459. The lowest BCUT2D eigenvalue weighted by atomic mass is 10.0. The number of nitrogens with one attached hydrogen (secondary N) is 1. The predicted octanol–water partition coefficient (Wildman–Crippen LogP) is 0.587. The first kappa shape index (κ1) is 13.7. The SMILES string of the molecule is CCC(C)(CO)NS(=O)(=O)C(F)(F)F. The standard InChI is InChI=1S/C6H12F3NO3S/c1-3-5(2,4-11)10-14(12,13)6(7,8)9/h10-11H,3-4H2,1-2H3. The van der Waals surface area contributed by atoms with Gasteiger partial charge in [0.2, 0.25) is 0 Å². The summed E-state index contributed by atoms with van der Waals surface area (Å²) in [4.78, 5) is 0. The Balaban J connectivity index is 4.85. The van der Waals surface area contributed by atoms with E-state index in [4.69, 9.17) is 5.11 Å². The summed E-state index contributed by atoms with van der Waals surface area (Å²) in [7, 11) is -5.39. The Bertz CT molecular complexity index is 281. The second kappa shape index (κ2) is 4.03. The molecular formula is C6H12F3NO3S. The molecule has 0 amide bonds. The highest BCUT2D eigenvalue weighted by Gasteiger charge is 2.48. The molecule has 0 saturated heterocycles. The van der Waals surface area contributed by atoms with Crippen molar-refractivity contribution in [3.8, 4) is 0 Å². The van der Waals surface area contributed by atoms with Gasteiger partial charge in [-0.25, -0.2) is 8.42 Å².